The predicted octanol–water partition coefficient (Wildman–Crippen LogP) is 0.553. The number of benzene rings is 1. The number of amides is 4. The summed E-state index contributed by atoms with van der Waals surface area (Å²) in [6.07, 6.45) is -0.110. The van der Waals surface area contributed by atoms with E-state index >= 15 is 4.39 Å². The lowest BCUT2D eigenvalue weighted by molar-refractivity contribution is -0.136. The molecular formula is C19H20F2N4O4. The number of carbonyl (C=O) groups is 4. The summed E-state index contributed by atoms with van der Waals surface area (Å²) in [6, 6.07) is -0.844. The minimum Gasteiger partial charge on any atom is -0.359 e. The van der Waals surface area contributed by atoms with Crippen molar-refractivity contribution < 1.29 is 28.0 Å². The van der Waals surface area contributed by atoms with Crippen molar-refractivity contribution in [3.05, 3.63) is 28.8 Å². The number of hydrogen-bond donors (Lipinski definition) is 2. The predicted molar refractivity (Wildman–Crippen MR) is 97.3 cm³/mol. The lowest BCUT2D eigenvalue weighted by Crippen LogP contribution is -2.56. The molecular weight excluding hydrogens is 386 g/mol. The van der Waals surface area contributed by atoms with Gasteiger partial charge in [-0.1, -0.05) is 0 Å². The van der Waals surface area contributed by atoms with Crippen LogP contribution in [0.15, 0.2) is 6.07 Å². The van der Waals surface area contributed by atoms with E-state index in [4.69, 9.17) is 0 Å². The van der Waals surface area contributed by atoms with Crippen LogP contribution in [0.3, 0.4) is 0 Å². The van der Waals surface area contributed by atoms with Crippen molar-refractivity contribution in [2.45, 2.75) is 44.8 Å². The molecule has 8 nitrogen and oxygen atoms in total. The lowest BCUT2D eigenvalue weighted by Gasteiger charge is -2.41. The Balaban J connectivity index is 1.77. The fourth-order valence-corrected chi connectivity index (χ4v) is 4.35. The van der Waals surface area contributed by atoms with Crippen molar-refractivity contribution in [3.8, 4) is 0 Å². The first-order valence-electron chi connectivity index (χ1n) is 9.45. The van der Waals surface area contributed by atoms with Gasteiger partial charge < -0.3 is 10.2 Å². The molecule has 0 aromatic heterocycles. The minimum atomic E-state index is -1.23. The maximum Gasteiger partial charge on any atom is 0.265 e. The van der Waals surface area contributed by atoms with E-state index in [1.54, 1.807) is 18.7 Å². The van der Waals surface area contributed by atoms with Gasteiger partial charge in [0, 0.05) is 31.6 Å². The van der Waals surface area contributed by atoms with Gasteiger partial charge in [0.2, 0.25) is 11.8 Å². The molecule has 3 unspecified atom stereocenters. The lowest BCUT2D eigenvalue weighted by atomic mass is 10.0. The molecule has 29 heavy (non-hydrogen) atoms. The molecule has 10 heteroatoms. The Morgan fingerprint density at radius 2 is 1.69 bits per heavy atom. The number of carbonyl (C=O) groups excluding carboxylic acids is 4. The zero-order valence-electron chi connectivity index (χ0n) is 15.9. The second kappa shape index (κ2) is 6.87. The van der Waals surface area contributed by atoms with Crippen molar-refractivity contribution in [1.82, 2.24) is 15.5 Å². The van der Waals surface area contributed by atoms with Crippen LogP contribution in [0.2, 0.25) is 0 Å². The zero-order valence-corrected chi connectivity index (χ0v) is 15.9. The van der Waals surface area contributed by atoms with Crippen LogP contribution >= 0.6 is 0 Å². The highest BCUT2D eigenvalue weighted by atomic mass is 19.1. The Labute approximate surface area is 165 Å². The second-order valence-electron chi connectivity index (χ2n) is 7.65. The number of hydrogen-bond acceptors (Lipinski definition) is 6. The minimum absolute atomic E-state index is 0.0539. The molecule has 0 saturated carbocycles. The smallest absolute Gasteiger partial charge is 0.265 e. The highest BCUT2D eigenvalue weighted by molar-refractivity contribution is 6.24. The van der Waals surface area contributed by atoms with E-state index in [1.807, 2.05) is 0 Å². The van der Waals surface area contributed by atoms with Crippen molar-refractivity contribution in [2.24, 2.45) is 0 Å². The molecule has 3 atom stereocenters. The van der Waals surface area contributed by atoms with Gasteiger partial charge in [-0.3, -0.25) is 29.4 Å². The van der Waals surface area contributed by atoms with E-state index in [-0.39, 0.29) is 30.6 Å². The molecule has 0 bridgehead atoms. The first kappa shape index (κ1) is 19.4. The Bertz CT molecular complexity index is 941. The van der Waals surface area contributed by atoms with E-state index < -0.39 is 52.4 Å². The van der Waals surface area contributed by atoms with E-state index in [1.165, 1.54) is 0 Å². The molecule has 3 aliphatic heterocycles. The molecule has 154 valence electrons. The van der Waals surface area contributed by atoms with Gasteiger partial charge in [0.05, 0.1) is 11.1 Å². The third-order valence-corrected chi connectivity index (χ3v) is 5.69. The number of nitrogens with one attached hydrogen (secondary N) is 2. The summed E-state index contributed by atoms with van der Waals surface area (Å²) in [7, 11) is 0. The molecule has 4 amide bonds. The summed E-state index contributed by atoms with van der Waals surface area (Å²) in [5, 5.41) is 5.23. The fraction of sp³-hybridized carbons (Fsp3) is 0.474. The first-order chi connectivity index (χ1) is 13.7. The Morgan fingerprint density at radius 3 is 2.31 bits per heavy atom. The van der Waals surface area contributed by atoms with Gasteiger partial charge in [0.1, 0.15) is 17.5 Å². The van der Waals surface area contributed by atoms with Crippen LogP contribution in [0, 0.1) is 11.6 Å². The average molecular weight is 406 g/mol. The summed E-state index contributed by atoms with van der Waals surface area (Å²) in [5.74, 6) is -5.29. The van der Waals surface area contributed by atoms with Crippen molar-refractivity contribution in [2.75, 3.05) is 18.0 Å². The van der Waals surface area contributed by atoms with E-state index in [9.17, 15) is 23.6 Å². The largest absolute Gasteiger partial charge is 0.359 e. The average Bonchev–Trinajstić information content (AvgIpc) is 2.88. The third-order valence-electron chi connectivity index (χ3n) is 5.69. The van der Waals surface area contributed by atoms with Crippen LogP contribution in [-0.2, 0) is 9.59 Å². The monoisotopic (exact) mass is 406 g/mol. The molecule has 3 aliphatic rings. The maximum absolute atomic E-state index is 15.4. The molecule has 2 N–H and O–H groups in total. The zero-order chi connectivity index (χ0) is 21.0. The summed E-state index contributed by atoms with van der Waals surface area (Å²) in [6.45, 7) is 4.63. The fourth-order valence-electron chi connectivity index (χ4n) is 4.35. The van der Waals surface area contributed by atoms with Gasteiger partial charge in [0.15, 0.2) is 5.82 Å². The molecule has 1 aromatic rings. The quantitative estimate of drug-likeness (QED) is 0.697. The Kier molecular flexibility index (Phi) is 4.60. The van der Waals surface area contributed by atoms with E-state index in [0.29, 0.717) is 18.0 Å². The molecule has 0 radical (unpaired) electrons. The molecule has 3 heterocycles. The van der Waals surface area contributed by atoms with Crippen LogP contribution in [0.25, 0.3) is 0 Å². The summed E-state index contributed by atoms with van der Waals surface area (Å²) in [4.78, 5) is 51.3. The van der Waals surface area contributed by atoms with Gasteiger partial charge in [-0.05, 0) is 26.3 Å². The van der Waals surface area contributed by atoms with Crippen molar-refractivity contribution in [3.63, 3.8) is 0 Å². The number of anilines is 1. The summed E-state index contributed by atoms with van der Waals surface area (Å²) >= 11 is 0. The number of fused-ring (bicyclic) bond motifs is 1. The van der Waals surface area contributed by atoms with Gasteiger partial charge in [0.25, 0.3) is 11.8 Å². The summed E-state index contributed by atoms with van der Waals surface area (Å²) < 4.78 is 30.4. The topological polar surface area (TPSA) is 98.8 Å². The second-order valence-corrected chi connectivity index (χ2v) is 7.65. The number of imide groups is 2. The normalized spacial score (nSPS) is 27.4. The molecule has 2 fully saturated rings. The van der Waals surface area contributed by atoms with Gasteiger partial charge in [-0.15, -0.1) is 0 Å². The van der Waals surface area contributed by atoms with Crippen LogP contribution in [0.5, 0.6) is 0 Å². The van der Waals surface area contributed by atoms with Gasteiger partial charge in [-0.25, -0.2) is 8.78 Å². The number of halogens is 2. The molecule has 0 spiro atoms. The third kappa shape index (κ3) is 2.89. The summed E-state index contributed by atoms with van der Waals surface area (Å²) in [5.41, 5.74) is -1.29. The Hall–Kier alpha value is -2.88. The maximum atomic E-state index is 15.4. The Morgan fingerprint density at radius 1 is 1.03 bits per heavy atom. The number of nitrogens with zero attached hydrogens (tertiary/aromatic N) is 2. The van der Waals surface area contributed by atoms with Gasteiger partial charge >= 0.3 is 0 Å². The highest BCUT2D eigenvalue weighted by Crippen LogP contribution is 2.37. The van der Waals surface area contributed by atoms with Crippen LogP contribution in [0.1, 0.15) is 47.4 Å². The highest BCUT2D eigenvalue weighted by Gasteiger charge is 2.47. The standard InChI is InChI=1S/C19H20F2N4O4/c1-8-6-22-7-9(2)24(8)16-11(20)5-10-14(15(16)21)19(29)25(18(10)28)12-3-4-13(26)23-17(12)27/h5,8-9,12,22H,3-4,6-7H2,1-2H3,(H,23,26,27). The van der Waals surface area contributed by atoms with Crippen LogP contribution in [0.4, 0.5) is 14.5 Å². The number of piperidine rings is 1. The van der Waals surface area contributed by atoms with Crippen molar-refractivity contribution in [1.29, 1.82) is 0 Å². The van der Waals surface area contributed by atoms with Crippen LogP contribution in [-0.4, -0.2) is 59.7 Å². The van der Waals surface area contributed by atoms with Crippen LogP contribution < -0.4 is 15.5 Å². The first-order valence-corrected chi connectivity index (χ1v) is 9.45. The van der Waals surface area contributed by atoms with Crippen molar-refractivity contribution >= 4 is 29.3 Å². The molecule has 1 aromatic carbocycles. The molecule has 4 rings (SSSR count). The van der Waals surface area contributed by atoms with E-state index in [0.717, 1.165) is 6.07 Å². The number of rotatable bonds is 2. The van der Waals surface area contributed by atoms with Gasteiger partial charge in [-0.2, -0.15) is 0 Å². The SMILES string of the molecule is CC1CNCC(C)N1c1c(F)cc2c(c1F)C(=O)N(C1CCC(=O)NC1=O)C2=O. The molecule has 2 saturated heterocycles. The van der Waals surface area contributed by atoms with E-state index in [2.05, 4.69) is 10.6 Å². The molecule has 0 aliphatic carbocycles. The number of piperazine rings is 1.